The molecule has 0 aliphatic carbocycles. The topological polar surface area (TPSA) is 85.9 Å². The summed E-state index contributed by atoms with van der Waals surface area (Å²) >= 11 is 5.86. The van der Waals surface area contributed by atoms with Crippen LogP contribution < -0.4 is 20.1 Å². The molecule has 162 valence electrons. The van der Waals surface area contributed by atoms with Crippen LogP contribution in [0.1, 0.15) is 6.92 Å². The Labute approximate surface area is 175 Å². The van der Waals surface area contributed by atoms with Crippen molar-refractivity contribution in [2.75, 3.05) is 19.0 Å². The average molecular weight is 447 g/mol. The molecule has 11 heteroatoms. The van der Waals surface area contributed by atoms with Gasteiger partial charge in [0.05, 0.1) is 19.4 Å². The van der Waals surface area contributed by atoms with Gasteiger partial charge in [0.15, 0.2) is 0 Å². The second-order valence-electron chi connectivity index (χ2n) is 5.74. The first-order valence-corrected chi connectivity index (χ1v) is 8.91. The zero-order valence-electron chi connectivity index (χ0n) is 15.9. The zero-order valence-corrected chi connectivity index (χ0v) is 16.6. The summed E-state index contributed by atoms with van der Waals surface area (Å²) in [5, 5.41) is 3.91. The van der Waals surface area contributed by atoms with Crippen LogP contribution in [0.5, 0.6) is 11.5 Å². The number of nitrogens with one attached hydrogen (secondary N) is 2. The van der Waals surface area contributed by atoms with Crippen molar-refractivity contribution in [1.29, 1.82) is 0 Å². The Balaban J connectivity index is 2.42. The van der Waals surface area contributed by atoms with Gasteiger partial charge in [0.25, 0.3) is 0 Å². The third-order valence-corrected chi connectivity index (χ3v) is 3.91. The van der Waals surface area contributed by atoms with Crippen molar-refractivity contribution in [2.24, 2.45) is 0 Å². The van der Waals surface area contributed by atoms with E-state index in [0.29, 0.717) is 0 Å². The molecule has 0 aliphatic heterocycles. The van der Waals surface area contributed by atoms with Crippen molar-refractivity contribution in [3.63, 3.8) is 0 Å². The first-order valence-electron chi connectivity index (χ1n) is 8.53. The molecule has 7 nitrogen and oxygen atoms in total. The number of hydrogen-bond acceptors (Lipinski definition) is 5. The van der Waals surface area contributed by atoms with Gasteiger partial charge in [-0.3, -0.25) is 5.32 Å². The monoisotopic (exact) mass is 446 g/mol. The normalized spacial score (nSPS) is 13.0. The minimum absolute atomic E-state index is 0.0258. The maximum atomic E-state index is 14.0. The van der Waals surface area contributed by atoms with Gasteiger partial charge < -0.3 is 19.5 Å². The highest BCUT2D eigenvalue weighted by atomic mass is 35.5. The predicted molar refractivity (Wildman–Crippen MR) is 103 cm³/mol. The van der Waals surface area contributed by atoms with Gasteiger partial charge in [-0.2, -0.15) is 13.2 Å². The number of halogens is 4. The fourth-order valence-electron chi connectivity index (χ4n) is 2.35. The Morgan fingerprint density at radius 1 is 1.10 bits per heavy atom. The number of anilines is 1. The maximum absolute atomic E-state index is 14.0. The number of hydrogen-bond donors (Lipinski definition) is 2. The molecule has 0 unspecified atom stereocenters. The van der Waals surface area contributed by atoms with E-state index in [0.717, 1.165) is 0 Å². The average Bonchev–Trinajstić information content (AvgIpc) is 2.67. The fourth-order valence-corrected chi connectivity index (χ4v) is 2.52. The molecule has 30 heavy (non-hydrogen) atoms. The standard InChI is InChI=1S/C19H18ClF3N2O5/c1-3-29-16(26)18(19(21,22)23,30-13-7-5-4-6-8-13)25-17(27)24-14-11-12(20)9-10-15(14)28-2/h4-11H,3H2,1-2H3,(H2,24,25,27)/t18-/m1/s1. The summed E-state index contributed by atoms with van der Waals surface area (Å²) in [4.78, 5) is 24.8. The van der Waals surface area contributed by atoms with E-state index in [2.05, 4.69) is 10.1 Å². The number of rotatable bonds is 7. The highest BCUT2D eigenvalue weighted by Gasteiger charge is 2.66. The lowest BCUT2D eigenvalue weighted by molar-refractivity contribution is -0.259. The van der Waals surface area contributed by atoms with E-state index >= 15 is 0 Å². The number of urea groups is 1. The van der Waals surface area contributed by atoms with Gasteiger partial charge >= 0.3 is 23.9 Å². The smallest absolute Gasteiger partial charge is 0.460 e. The van der Waals surface area contributed by atoms with Crippen LogP contribution in [0.15, 0.2) is 48.5 Å². The number of methoxy groups -OCH3 is 1. The van der Waals surface area contributed by atoms with Crippen LogP contribution in [0.25, 0.3) is 0 Å². The molecule has 1 atom stereocenters. The Bertz CT molecular complexity index is 895. The molecule has 0 fully saturated rings. The minimum atomic E-state index is -5.37. The molecule has 0 saturated carbocycles. The van der Waals surface area contributed by atoms with Crippen molar-refractivity contribution in [2.45, 2.75) is 18.8 Å². The third-order valence-electron chi connectivity index (χ3n) is 3.68. The first kappa shape index (κ1) is 23.1. The van der Waals surface area contributed by atoms with Crippen LogP contribution in [-0.4, -0.2) is 37.6 Å². The van der Waals surface area contributed by atoms with Crippen molar-refractivity contribution in [3.05, 3.63) is 53.6 Å². The molecule has 2 aromatic rings. The second kappa shape index (κ2) is 9.57. The first-order chi connectivity index (χ1) is 14.1. The van der Waals surface area contributed by atoms with Crippen LogP contribution in [0.3, 0.4) is 0 Å². The van der Waals surface area contributed by atoms with Gasteiger partial charge in [-0.1, -0.05) is 29.8 Å². The largest absolute Gasteiger partial charge is 0.495 e. The number of carbonyl (C=O) groups excluding carboxylic acids is 2. The number of esters is 1. The van der Waals surface area contributed by atoms with Crippen LogP contribution in [0.2, 0.25) is 5.02 Å². The molecule has 2 amide bonds. The number of para-hydroxylation sites is 1. The number of benzene rings is 2. The SMILES string of the molecule is CCOC(=O)[C@@](NC(=O)Nc1cc(Cl)ccc1OC)(Oc1ccccc1)C(F)(F)F. The van der Waals surface area contributed by atoms with Gasteiger partial charge in [0.2, 0.25) is 0 Å². The van der Waals surface area contributed by atoms with E-state index in [9.17, 15) is 22.8 Å². The third kappa shape index (κ3) is 5.26. The van der Waals surface area contributed by atoms with Crippen molar-refractivity contribution in [3.8, 4) is 11.5 Å². The quantitative estimate of drug-likeness (QED) is 0.487. The molecule has 0 heterocycles. The summed E-state index contributed by atoms with van der Waals surface area (Å²) in [6, 6.07) is 9.45. The number of amides is 2. The molecule has 2 N–H and O–H groups in total. The van der Waals surface area contributed by atoms with Crippen LogP contribution in [0, 0.1) is 0 Å². The Morgan fingerprint density at radius 2 is 1.77 bits per heavy atom. The lowest BCUT2D eigenvalue weighted by atomic mass is 10.2. The second-order valence-corrected chi connectivity index (χ2v) is 6.17. The van der Waals surface area contributed by atoms with E-state index in [4.69, 9.17) is 21.1 Å². The van der Waals surface area contributed by atoms with Crippen LogP contribution >= 0.6 is 11.6 Å². The molecule has 0 aromatic heterocycles. The van der Waals surface area contributed by atoms with E-state index in [1.807, 2.05) is 0 Å². The molecule has 0 radical (unpaired) electrons. The lowest BCUT2D eigenvalue weighted by Gasteiger charge is -2.33. The molecule has 2 aromatic carbocycles. The summed E-state index contributed by atoms with van der Waals surface area (Å²) in [7, 11) is 1.30. The van der Waals surface area contributed by atoms with Gasteiger partial charge in [-0.15, -0.1) is 0 Å². The zero-order chi connectivity index (χ0) is 22.4. The molecular weight excluding hydrogens is 429 g/mol. The van der Waals surface area contributed by atoms with E-state index < -0.39 is 23.9 Å². The molecule has 0 spiro atoms. The Morgan fingerprint density at radius 3 is 2.33 bits per heavy atom. The van der Waals surface area contributed by atoms with Crippen molar-refractivity contribution < 1.29 is 37.0 Å². The minimum Gasteiger partial charge on any atom is -0.495 e. The predicted octanol–water partition coefficient (Wildman–Crippen LogP) is 4.37. The van der Waals surface area contributed by atoms with Crippen molar-refractivity contribution >= 4 is 29.3 Å². The molecular formula is C19H18ClF3N2O5. The summed E-state index contributed by atoms with van der Waals surface area (Å²) in [6.45, 7) is 0.943. The van der Waals surface area contributed by atoms with E-state index in [1.54, 1.807) is 5.32 Å². The molecule has 0 aliphatic rings. The van der Waals surface area contributed by atoms with E-state index in [-0.39, 0.29) is 28.8 Å². The Hall–Kier alpha value is -3.14. The number of ether oxygens (including phenoxy) is 3. The highest BCUT2D eigenvalue weighted by Crippen LogP contribution is 2.35. The van der Waals surface area contributed by atoms with Crippen LogP contribution in [0.4, 0.5) is 23.7 Å². The highest BCUT2D eigenvalue weighted by molar-refractivity contribution is 6.31. The van der Waals surface area contributed by atoms with Crippen molar-refractivity contribution in [1.82, 2.24) is 5.32 Å². The maximum Gasteiger partial charge on any atom is 0.460 e. The van der Waals surface area contributed by atoms with Gasteiger partial charge in [0.1, 0.15) is 11.5 Å². The summed E-state index contributed by atoms with van der Waals surface area (Å²) in [5.74, 6) is -2.02. The van der Waals surface area contributed by atoms with Gasteiger partial charge in [-0.25, -0.2) is 9.59 Å². The molecule has 0 bridgehead atoms. The molecule has 0 saturated heterocycles. The summed E-state index contributed by atoms with van der Waals surface area (Å²) in [6.07, 6.45) is -5.37. The van der Waals surface area contributed by atoms with Gasteiger partial charge in [0, 0.05) is 5.02 Å². The Kier molecular flexibility index (Phi) is 7.38. The lowest BCUT2D eigenvalue weighted by Crippen LogP contribution is -2.69. The number of carbonyl (C=O) groups is 2. The van der Waals surface area contributed by atoms with E-state index in [1.165, 1.54) is 62.6 Å². The number of alkyl halides is 3. The summed E-state index contributed by atoms with van der Waals surface area (Å²) in [5.41, 5.74) is -3.83. The van der Waals surface area contributed by atoms with Gasteiger partial charge in [-0.05, 0) is 37.3 Å². The molecule has 2 rings (SSSR count). The van der Waals surface area contributed by atoms with Crippen LogP contribution in [-0.2, 0) is 9.53 Å². The fraction of sp³-hybridized carbons (Fsp3) is 0.263. The summed E-state index contributed by atoms with van der Waals surface area (Å²) < 4.78 is 56.6.